The third-order valence-corrected chi connectivity index (χ3v) is 3.86. The van der Waals surface area contributed by atoms with Crippen LogP contribution < -0.4 is 4.74 Å². The average molecular weight is 346 g/mol. The molecule has 3 nitrogen and oxygen atoms in total. The molecule has 4 rings (SSSR count). The van der Waals surface area contributed by atoms with Gasteiger partial charge in [-0.2, -0.15) is 10.5 Å². The monoisotopic (exact) mass is 346 g/mol. The Hall–Kier alpha value is -2.78. The second kappa shape index (κ2) is 4.61. The van der Waals surface area contributed by atoms with Crippen LogP contribution in [0.1, 0.15) is 11.1 Å². The van der Waals surface area contributed by atoms with Crippen LogP contribution in [-0.2, 0) is 0 Å². The van der Waals surface area contributed by atoms with E-state index in [0.29, 0.717) is 6.07 Å². The van der Waals surface area contributed by atoms with E-state index < -0.39 is 20.7 Å². The van der Waals surface area contributed by atoms with Crippen LogP contribution in [0.25, 0.3) is 0 Å². The molecule has 2 aromatic rings. The standard InChI is InChI=1S/C8H3F5N2S.C6H4O/c9-16(10,11,12,13)8-2-1-6(4-14)7(3-8)5-15;1-2-5-4-6(3-1)7-5/h1-3H;1-4H. The van der Waals surface area contributed by atoms with Gasteiger partial charge in [0.1, 0.15) is 28.5 Å². The minimum atomic E-state index is -9.78. The Labute approximate surface area is 127 Å². The lowest BCUT2D eigenvalue weighted by Crippen LogP contribution is -2.06. The highest BCUT2D eigenvalue weighted by molar-refractivity contribution is 8.45. The normalized spacial score (nSPS) is 14.4. The molecule has 2 aliphatic heterocycles. The number of hydrogen-bond donors (Lipinski definition) is 0. The minimum absolute atomic E-state index is 0.0138. The van der Waals surface area contributed by atoms with Gasteiger partial charge in [-0.25, -0.2) is 0 Å². The highest BCUT2D eigenvalue weighted by Gasteiger charge is 2.65. The van der Waals surface area contributed by atoms with E-state index in [1.54, 1.807) is 0 Å². The zero-order valence-corrected chi connectivity index (χ0v) is 12.0. The molecule has 9 heteroatoms. The van der Waals surface area contributed by atoms with Crippen LogP contribution >= 0.6 is 10.2 Å². The quantitative estimate of drug-likeness (QED) is 0.517. The summed E-state index contributed by atoms with van der Waals surface area (Å²) in [4.78, 5) is -2.17. The summed E-state index contributed by atoms with van der Waals surface area (Å²) in [5.41, 5.74) is -1.11. The van der Waals surface area contributed by atoms with Crippen LogP contribution in [0.4, 0.5) is 19.4 Å². The highest BCUT2D eigenvalue weighted by Crippen LogP contribution is 3.02. The van der Waals surface area contributed by atoms with Crippen LogP contribution in [0.5, 0.6) is 11.5 Å². The zero-order chi connectivity index (χ0) is 17.4. The summed E-state index contributed by atoms with van der Waals surface area (Å²) in [6.07, 6.45) is 0. The topological polar surface area (TPSA) is 56.8 Å². The number of hydrogen-bond acceptors (Lipinski definition) is 3. The molecule has 0 amide bonds. The molecule has 2 bridgehead atoms. The smallest absolute Gasteiger partial charge is 0.310 e. The first kappa shape index (κ1) is 16.6. The van der Waals surface area contributed by atoms with Gasteiger partial charge in [-0.1, -0.05) is 25.5 Å². The van der Waals surface area contributed by atoms with Crippen LogP contribution in [0.2, 0.25) is 0 Å². The Bertz CT molecular complexity index is 841. The number of ether oxygens (including phenoxy) is 1. The van der Waals surface area contributed by atoms with Crippen molar-refractivity contribution in [2.75, 3.05) is 0 Å². The van der Waals surface area contributed by atoms with Crippen molar-refractivity contribution < 1.29 is 24.2 Å². The third kappa shape index (κ3) is 3.90. The van der Waals surface area contributed by atoms with Crippen molar-refractivity contribution in [1.29, 1.82) is 10.5 Å². The molecule has 0 N–H and O–H groups in total. The van der Waals surface area contributed by atoms with E-state index in [0.717, 1.165) is 11.5 Å². The molecule has 0 saturated heterocycles. The fourth-order valence-electron chi connectivity index (χ4n) is 1.63. The predicted octanol–water partition coefficient (Wildman–Crippen LogP) is 5.88. The zero-order valence-electron chi connectivity index (χ0n) is 11.1. The van der Waals surface area contributed by atoms with Gasteiger partial charge in [0, 0.05) is 6.07 Å². The Balaban J connectivity index is 0.000000223. The van der Waals surface area contributed by atoms with Gasteiger partial charge in [0.2, 0.25) is 0 Å². The third-order valence-electron chi connectivity index (χ3n) is 2.72. The molecule has 0 unspecified atom stereocenters. The Morgan fingerprint density at radius 1 is 0.783 bits per heavy atom. The van der Waals surface area contributed by atoms with Gasteiger partial charge < -0.3 is 4.74 Å². The Morgan fingerprint density at radius 2 is 1.30 bits per heavy atom. The molecule has 2 aromatic carbocycles. The first-order chi connectivity index (χ1) is 10.4. The van der Waals surface area contributed by atoms with Crippen molar-refractivity contribution >= 4 is 10.2 Å². The summed E-state index contributed by atoms with van der Waals surface area (Å²) in [6.45, 7) is 0. The van der Waals surface area contributed by atoms with Gasteiger partial charge in [0.15, 0.2) is 0 Å². The van der Waals surface area contributed by atoms with E-state index in [4.69, 9.17) is 15.3 Å². The molecule has 2 heterocycles. The van der Waals surface area contributed by atoms with Gasteiger partial charge in [-0.3, -0.25) is 0 Å². The lowest BCUT2D eigenvalue weighted by Gasteiger charge is -2.40. The lowest BCUT2D eigenvalue weighted by molar-refractivity contribution is 0.364. The molecule has 120 valence electrons. The fraction of sp³-hybridized carbons (Fsp3) is 0. The van der Waals surface area contributed by atoms with E-state index in [2.05, 4.69) is 0 Å². The van der Waals surface area contributed by atoms with Crippen LogP contribution in [0, 0.1) is 22.7 Å². The first-order valence-corrected chi connectivity index (χ1v) is 7.84. The fourth-order valence-corrected chi connectivity index (χ4v) is 2.30. The summed E-state index contributed by atoms with van der Waals surface area (Å²) >= 11 is 0. The summed E-state index contributed by atoms with van der Waals surface area (Å²) in [6, 6.07) is 11.2. The molecule has 0 saturated carbocycles. The molecule has 0 spiro atoms. The molecule has 0 aliphatic carbocycles. The summed E-state index contributed by atoms with van der Waals surface area (Å²) in [7, 11) is -9.78. The van der Waals surface area contributed by atoms with E-state index in [-0.39, 0.29) is 17.7 Å². The number of benzene rings is 2. The summed E-state index contributed by atoms with van der Waals surface area (Å²) in [5, 5.41) is 16.8. The van der Waals surface area contributed by atoms with E-state index in [1.807, 2.05) is 24.3 Å². The van der Waals surface area contributed by atoms with Crippen molar-refractivity contribution in [2.24, 2.45) is 0 Å². The van der Waals surface area contributed by atoms with Gasteiger partial charge in [-0.05, 0) is 30.3 Å². The van der Waals surface area contributed by atoms with E-state index in [9.17, 15) is 19.4 Å². The maximum atomic E-state index is 12.3. The first-order valence-electron chi connectivity index (χ1n) is 5.89. The van der Waals surface area contributed by atoms with Crippen molar-refractivity contribution in [3.05, 3.63) is 53.6 Å². The van der Waals surface area contributed by atoms with Crippen LogP contribution in [-0.4, -0.2) is 0 Å². The summed E-state index contributed by atoms with van der Waals surface area (Å²) < 4.78 is 66.5. The maximum absolute atomic E-state index is 12.3. The lowest BCUT2D eigenvalue weighted by atomic mass is 10.1. The largest absolute Gasteiger partial charge is 0.457 e. The number of rotatable bonds is 1. The van der Waals surface area contributed by atoms with Gasteiger partial charge in [0.05, 0.1) is 11.1 Å². The molecule has 0 atom stereocenters. The molecule has 0 fully saturated rings. The number of nitriles is 2. The SMILES string of the molecule is N#Cc1ccc(S(F)(F)(F)(F)F)cc1C#N.c1cc2cc(c1)O2. The van der Waals surface area contributed by atoms with Crippen molar-refractivity contribution in [1.82, 2.24) is 0 Å². The van der Waals surface area contributed by atoms with Crippen LogP contribution in [0.3, 0.4) is 0 Å². The van der Waals surface area contributed by atoms with E-state index in [1.165, 1.54) is 12.1 Å². The average Bonchev–Trinajstić information content (AvgIpc) is 2.45. The predicted molar refractivity (Wildman–Crippen MR) is 73.8 cm³/mol. The molecule has 0 radical (unpaired) electrons. The van der Waals surface area contributed by atoms with E-state index >= 15 is 0 Å². The minimum Gasteiger partial charge on any atom is -0.457 e. The van der Waals surface area contributed by atoms with Crippen molar-refractivity contribution in [2.45, 2.75) is 4.90 Å². The maximum Gasteiger partial charge on any atom is 0.310 e. The number of fused-ring (bicyclic) bond motifs is 2. The van der Waals surface area contributed by atoms with Crippen LogP contribution in [0.15, 0.2) is 47.4 Å². The van der Waals surface area contributed by atoms with Gasteiger partial charge in [-0.15, -0.1) is 0 Å². The number of halogens is 5. The second-order valence-electron chi connectivity index (χ2n) is 4.48. The van der Waals surface area contributed by atoms with Crippen molar-refractivity contribution in [3.8, 4) is 23.6 Å². The Morgan fingerprint density at radius 3 is 1.61 bits per heavy atom. The highest BCUT2D eigenvalue weighted by atomic mass is 32.5. The van der Waals surface area contributed by atoms with Crippen molar-refractivity contribution in [3.63, 3.8) is 0 Å². The number of nitrogens with zero attached hydrogens (tertiary/aromatic N) is 2. The molecular formula is C14H7F5N2OS. The molecule has 0 aromatic heterocycles. The van der Waals surface area contributed by atoms with Gasteiger partial charge >= 0.3 is 10.2 Å². The Kier molecular flexibility index (Phi) is 3.32. The molecule has 2 aliphatic rings. The second-order valence-corrected chi connectivity index (χ2v) is 6.89. The molecule has 23 heavy (non-hydrogen) atoms. The van der Waals surface area contributed by atoms with Gasteiger partial charge in [0.25, 0.3) is 0 Å². The molecular weight excluding hydrogens is 339 g/mol. The summed E-state index contributed by atoms with van der Waals surface area (Å²) in [5.74, 6) is 1.97.